The van der Waals surface area contributed by atoms with Crippen LogP contribution in [0.4, 0.5) is 10.5 Å². The minimum atomic E-state index is -1.000. The molecule has 5 rings (SSSR count). The number of H-pyrrole nitrogens is 1. The summed E-state index contributed by atoms with van der Waals surface area (Å²) in [6.07, 6.45) is 7.71. The van der Waals surface area contributed by atoms with Crippen molar-refractivity contribution in [2.24, 2.45) is 4.99 Å². The van der Waals surface area contributed by atoms with Crippen molar-refractivity contribution in [2.45, 2.75) is 51.6 Å². The highest BCUT2D eigenvalue weighted by Gasteiger charge is 2.32. The van der Waals surface area contributed by atoms with Crippen molar-refractivity contribution in [1.82, 2.24) is 20.6 Å². The summed E-state index contributed by atoms with van der Waals surface area (Å²) in [6.45, 7) is 2.69. The highest BCUT2D eigenvalue weighted by molar-refractivity contribution is 6.24. The summed E-state index contributed by atoms with van der Waals surface area (Å²) in [6, 6.07) is 8.16. The van der Waals surface area contributed by atoms with Gasteiger partial charge in [-0.25, -0.2) is 19.5 Å². The van der Waals surface area contributed by atoms with Gasteiger partial charge in [-0.2, -0.15) is 0 Å². The van der Waals surface area contributed by atoms with Gasteiger partial charge in [0, 0.05) is 36.2 Å². The quantitative estimate of drug-likeness (QED) is 0.121. The molecule has 13 heteroatoms. The lowest BCUT2D eigenvalue weighted by atomic mass is 10.1. The van der Waals surface area contributed by atoms with E-state index in [1.165, 1.54) is 30.7 Å². The predicted molar refractivity (Wildman–Crippen MR) is 156 cm³/mol. The Labute approximate surface area is 247 Å². The molecule has 2 aliphatic carbocycles. The summed E-state index contributed by atoms with van der Waals surface area (Å²) in [5, 5.41) is 13.6. The normalized spacial score (nSPS) is 14.4. The second-order valence-corrected chi connectivity index (χ2v) is 10.3. The standard InChI is InChI=1S/C30H31N7O6/c1-17-5-6-19(27(38)35-21-7-8-21)12-24(17)37(30(41)43-16-42-29(40)20-4-3-11-32-13-20)26(34-15-31)25-18(2)23(14-33-25)28(39)36-22-9-10-22/h3-6,11-15,21-22,31,33H,7-10,16H2,1-2H3,(H,35,38)(H,36,39). The van der Waals surface area contributed by atoms with Crippen molar-refractivity contribution in [3.8, 4) is 0 Å². The predicted octanol–water partition coefficient (Wildman–Crippen LogP) is 3.62. The molecule has 4 N–H and O–H groups in total. The number of nitrogens with one attached hydrogen (secondary N) is 4. The third-order valence-electron chi connectivity index (χ3n) is 7.00. The molecule has 0 saturated heterocycles. The van der Waals surface area contributed by atoms with E-state index in [0.717, 1.165) is 36.9 Å². The molecule has 0 unspecified atom stereocenters. The molecule has 2 aliphatic rings. The average molecular weight is 586 g/mol. The number of nitrogens with zero attached hydrogens (tertiary/aromatic N) is 3. The number of hydrogen-bond acceptors (Lipinski definition) is 8. The zero-order valence-corrected chi connectivity index (χ0v) is 23.7. The number of benzene rings is 1. The van der Waals surface area contributed by atoms with Gasteiger partial charge >= 0.3 is 12.1 Å². The summed E-state index contributed by atoms with van der Waals surface area (Å²) in [5.74, 6) is -1.39. The van der Waals surface area contributed by atoms with Gasteiger partial charge in [-0.15, -0.1) is 0 Å². The smallest absolute Gasteiger partial charge is 0.423 e. The largest absolute Gasteiger partial charge is 0.424 e. The number of aliphatic imine (C=N–C) groups is 1. The minimum absolute atomic E-state index is 0.0654. The van der Waals surface area contributed by atoms with Gasteiger partial charge in [0.05, 0.1) is 22.5 Å². The zero-order chi connectivity index (χ0) is 30.5. The van der Waals surface area contributed by atoms with Gasteiger partial charge in [-0.05, 0) is 74.9 Å². The number of anilines is 1. The number of aryl methyl sites for hydroxylation is 1. The maximum absolute atomic E-state index is 13.7. The first-order chi connectivity index (χ1) is 20.8. The van der Waals surface area contributed by atoms with Crippen LogP contribution in [-0.4, -0.2) is 64.9 Å². The first-order valence-electron chi connectivity index (χ1n) is 13.8. The molecule has 2 aromatic heterocycles. The van der Waals surface area contributed by atoms with E-state index in [1.807, 2.05) is 0 Å². The van der Waals surface area contributed by atoms with E-state index in [2.05, 4.69) is 25.6 Å². The van der Waals surface area contributed by atoms with Gasteiger partial charge in [-0.1, -0.05) is 6.07 Å². The molecule has 0 aliphatic heterocycles. The number of amidine groups is 1. The molecule has 13 nitrogen and oxygen atoms in total. The molecule has 1 aromatic carbocycles. The third-order valence-corrected chi connectivity index (χ3v) is 7.00. The molecule has 3 amide bonds. The summed E-state index contributed by atoms with van der Waals surface area (Å²) in [5.41, 5.74) is 2.42. The van der Waals surface area contributed by atoms with Crippen LogP contribution < -0.4 is 15.5 Å². The first-order valence-corrected chi connectivity index (χ1v) is 13.8. The van der Waals surface area contributed by atoms with Crippen LogP contribution in [0.3, 0.4) is 0 Å². The lowest BCUT2D eigenvalue weighted by Gasteiger charge is -2.25. The van der Waals surface area contributed by atoms with E-state index >= 15 is 0 Å². The first kappa shape index (κ1) is 29.2. The number of carbonyl (C=O) groups excluding carboxylic acids is 4. The van der Waals surface area contributed by atoms with Gasteiger partial charge in [0.25, 0.3) is 11.8 Å². The molecule has 0 spiro atoms. The number of aromatic nitrogens is 2. The SMILES string of the molecule is Cc1ccc(C(=O)NC2CC2)cc1N(C(=O)OCOC(=O)c1cccnc1)C(=NC=N)c1[nH]cc(C(=O)NC2CC2)c1C. The van der Waals surface area contributed by atoms with Crippen molar-refractivity contribution in [1.29, 1.82) is 5.41 Å². The Morgan fingerprint density at radius 3 is 2.42 bits per heavy atom. The molecular formula is C30H31N7O6. The molecular weight excluding hydrogens is 554 g/mol. The van der Waals surface area contributed by atoms with Gasteiger partial charge in [0.15, 0.2) is 5.84 Å². The minimum Gasteiger partial charge on any atom is -0.424 e. The van der Waals surface area contributed by atoms with Crippen LogP contribution in [-0.2, 0) is 9.47 Å². The van der Waals surface area contributed by atoms with E-state index in [9.17, 15) is 19.2 Å². The van der Waals surface area contributed by atoms with Crippen LogP contribution in [0, 0.1) is 19.3 Å². The maximum atomic E-state index is 13.7. The van der Waals surface area contributed by atoms with Crippen molar-refractivity contribution >= 4 is 41.7 Å². The Kier molecular flexibility index (Phi) is 8.60. The van der Waals surface area contributed by atoms with Gasteiger partial charge in [0.1, 0.15) is 6.34 Å². The Morgan fingerprint density at radius 2 is 1.77 bits per heavy atom. The Hall–Kier alpha value is -5.33. The molecule has 2 saturated carbocycles. The second kappa shape index (κ2) is 12.7. The van der Waals surface area contributed by atoms with Crippen LogP contribution in [0.5, 0.6) is 0 Å². The van der Waals surface area contributed by atoms with Crippen LogP contribution in [0.1, 0.15) is 73.6 Å². The topological polar surface area (TPSA) is 179 Å². The molecule has 0 bridgehead atoms. The number of esters is 1. The van der Waals surface area contributed by atoms with Crippen LogP contribution >= 0.6 is 0 Å². The monoisotopic (exact) mass is 585 g/mol. The van der Waals surface area contributed by atoms with E-state index in [-0.39, 0.29) is 46.7 Å². The van der Waals surface area contributed by atoms with E-state index in [0.29, 0.717) is 22.3 Å². The highest BCUT2D eigenvalue weighted by Crippen LogP contribution is 2.28. The number of aromatic amines is 1. The lowest BCUT2D eigenvalue weighted by Crippen LogP contribution is -2.40. The van der Waals surface area contributed by atoms with Crippen LogP contribution in [0.25, 0.3) is 0 Å². The molecule has 0 radical (unpaired) electrons. The number of amides is 3. The van der Waals surface area contributed by atoms with Crippen LogP contribution in [0.2, 0.25) is 0 Å². The third kappa shape index (κ3) is 6.94. The fraction of sp³-hybridized carbons (Fsp3) is 0.300. The average Bonchev–Trinajstić information content (AvgIpc) is 3.94. The summed E-state index contributed by atoms with van der Waals surface area (Å²) in [4.78, 5) is 64.0. The van der Waals surface area contributed by atoms with Crippen molar-refractivity contribution in [2.75, 3.05) is 11.7 Å². The number of rotatable bonds is 10. The van der Waals surface area contributed by atoms with Gasteiger partial charge in [-0.3, -0.25) is 20.0 Å². The number of pyridine rings is 1. The number of hydrogen-bond donors (Lipinski definition) is 4. The highest BCUT2D eigenvalue weighted by atomic mass is 16.7. The Bertz CT molecular complexity index is 1590. The van der Waals surface area contributed by atoms with Crippen molar-refractivity contribution in [3.63, 3.8) is 0 Å². The molecule has 2 fully saturated rings. The Balaban J connectivity index is 1.48. The maximum Gasteiger partial charge on any atom is 0.423 e. The second-order valence-electron chi connectivity index (χ2n) is 10.3. The molecule has 43 heavy (non-hydrogen) atoms. The fourth-order valence-corrected chi connectivity index (χ4v) is 4.30. The van der Waals surface area contributed by atoms with Crippen LogP contribution in [0.15, 0.2) is 53.9 Å². The molecule has 2 heterocycles. The fourth-order valence-electron chi connectivity index (χ4n) is 4.30. The number of carbonyl (C=O) groups is 4. The van der Waals surface area contributed by atoms with E-state index in [1.54, 1.807) is 32.0 Å². The lowest BCUT2D eigenvalue weighted by molar-refractivity contribution is 0.0000595. The van der Waals surface area contributed by atoms with Crippen molar-refractivity contribution in [3.05, 3.63) is 82.4 Å². The van der Waals surface area contributed by atoms with Crippen molar-refractivity contribution < 1.29 is 28.7 Å². The molecule has 0 atom stereocenters. The van der Waals surface area contributed by atoms with E-state index in [4.69, 9.17) is 14.9 Å². The van der Waals surface area contributed by atoms with Gasteiger partial charge < -0.3 is 25.1 Å². The van der Waals surface area contributed by atoms with Gasteiger partial charge in [0.2, 0.25) is 6.79 Å². The molecule has 222 valence electrons. The van der Waals surface area contributed by atoms with E-state index < -0.39 is 18.9 Å². The Morgan fingerprint density at radius 1 is 1.05 bits per heavy atom. The zero-order valence-electron chi connectivity index (χ0n) is 23.7. The summed E-state index contributed by atoms with van der Waals surface area (Å²) < 4.78 is 10.5. The summed E-state index contributed by atoms with van der Waals surface area (Å²) in [7, 11) is 0. The molecule has 3 aromatic rings. The summed E-state index contributed by atoms with van der Waals surface area (Å²) >= 11 is 0. The number of ether oxygens (including phenoxy) is 2.